The van der Waals surface area contributed by atoms with Gasteiger partial charge in [-0.05, 0) is 11.8 Å². The molecular weight excluding hydrogens is 212 g/mol. The van der Waals surface area contributed by atoms with E-state index in [1.807, 2.05) is 0 Å². The lowest BCUT2D eigenvalue weighted by atomic mass is 9.90. The van der Waals surface area contributed by atoms with Gasteiger partial charge in [0, 0.05) is 25.7 Å². The summed E-state index contributed by atoms with van der Waals surface area (Å²) in [4.78, 5) is 33.6. The van der Waals surface area contributed by atoms with Crippen LogP contribution in [0.25, 0.3) is 0 Å². The zero-order valence-corrected chi connectivity index (χ0v) is 9.52. The predicted molar refractivity (Wildman–Crippen MR) is 54.5 cm³/mol. The van der Waals surface area contributed by atoms with Gasteiger partial charge in [0.1, 0.15) is 5.78 Å². The molecule has 90 valence electrons. The Hall–Kier alpha value is -1.39. The average Bonchev–Trinajstić information content (AvgIpc) is 2.58. The van der Waals surface area contributed by atoms with Gasteiger partial charge in [0.2, 0.25) is 0 Å². The van der Waals surface area contributed by atoms with Crippen LogP contribution >= 0.6 is 0 Å². The van der Waals surface area contributed by atoms with Crippen LogP contribution in [0, 0.1) is 11.8 Å². The van der Waals surface area contributed by atoms with Crippen molar-refractivity contribution in [2.24, 2.45) is 11.8 Å². The number of carbonyl (C=O) groups is 3. The van der Waals surface area contributed by atoms with Crippen LogP contribution in [0.15, 0.2) is 0 Å². The largest absolute Gasteiger partial charge is 0.469 e. The van der Waals surface area contributed by atoms with Gasteiger partial charge >= 0.3 is 11.9 Å². The molecule has 0 aromatic rings. The zero-order chi connectivity index (χ0) is 12.1. The number of ketones is 1. The molecule has 1 aliphatic carbocycles. The first-order valence-corrected chi connectivity index (χ1v) is 5.22. The Morgan fingerprint density at radius 2 is 1.44 bits per heavy atom. The van der Waals surface area contributed by atoms with Crippen molar-refractivity contribution < 1.29 is 23.9 Å². The van der Waals surface area contributed by atoms with Crippen molar-refractivity contribution in [2.75, 3.05) is 14.2 Å². The number of rotatable bonds is 4. The van der Waals surface area contributed by atoms with E-state index in [4.69, 9.17) is 0 Å². The molecule has 0 saturated heterocycles. The highest BCUT2D eigenvalue weighted by atomic mass is 16.5. The van der Waals surface area contributed by atoms with E-state index in [2.05, 4.69) is 9.47 Å². The lowest BCUT2D eigenvalue weighted by Crippen LogP contribution is -2.17. The molecule has 0 bridgehead atoms. The molecule has 0 aliphatic heterocycles. The third-order valence-corrected chi connectivity index (χ3v) is 2.96. The van der Waals surface area contributed by atoms with E-state index in [1.54, 1.807) is 0 Å². The van der Waals surface area contributed by atoms with Gasteiger partial charge < -0.3 is 9.47 Å². The number of methoxy groups -OCH3 is 2. The van der Waals surface area contributed by atoms with Crippen molar-refractivity contribution in [2.45, 2.75) is 25.7 Å². The summed E-state index contributed by atoms with van der Waals surface area (Å²) in [6.07, 6.45) is 1.11. The number of Topliss-reactive ketones (excluding diaryl/α,β-unsaturated/α-hetero) is 1. The van der Waals surface area contributed by atoms with Gasteiger partial charge in [0.15, 0.2) is 0 Å². The van der Waals surface area contributed by atoms with Gasteiger partial charge in [0.25, 0.3) is 0 Å². The normalized spacial score (nSPS) is 24.2. The molecule has 5 heteroatoms. The Labute approximate surface area is 94.1 Å². The van der Waals surface area contributed by atoms with E-state index in [9.17, 15) is 14.4 Å². The summed E-state index contributed by atoms with van der Waals surface area (Å²) in [5.41, 5.74) is 0. The van der Waals surface area contributed by atoms with Crippen LogP contribution < -0.4 is 0 Å². The quantitative estimate of drug-likeness (QED) is 0.663. The fraction of sp³-hybridized carbons (Fsp3) is 0.727. The van der Waals surface area contributed by atoms with Gasteiger partial charge in [-0.15, -0.1) is 0 Å². The lowest BCUT2D eigenvalue weighted by molar-refractivity contribution is -0.145. The second-order valence-corrected chi connectivity index (χ2v) is 4.03. The first-order valence-electron chi connectivity index (χ1n) is 5.22. The lowest BCUT2D eigenvalue weighted by Gasteiger charge is -2.15. The summed E-state index contributed by atoms with van der Waals surface area (Å²) in [6, 6.07) is 0. The molecule has 0 N–H and O–H groups in total. The number of esters is 2. The zero-order valence-electron chi connectivity index (χ0n) is 9.52. The van der Waals surface area contributed by atoms with Crippen molar-refractivity contribution in [1.82, 2.24) is 0 Å². The van der Waals surface area contributed by atoms with Crippen LogP contribution in [-0.4, -0.2) is 31.9 Å². The standard InChI is InChI=1S/C11H16O5/c1-15-10(13)5-7-3-9(12)4-8(7)6-11(14)16-2/h7-8H,3-6H2,1-2H3/t7-,8+. The molecule has 1 rings (SSSR count). The summed E-state index contributed by atoms with van der Waals surface area (Å²) in [6.45, 7) is 0. The molecule has 0 aromatic carbocycles. The van der Waals surface area contributed by atoms with Gasteiger partial charge in [0.05, 0.1) is 14.2 Å². The maximum atomic E-state index is 11.3. The van der Waals surface area contributed by atoms with Crippen LogP contribution in [0.5, 0.6) is 0 Å². The highest BCUT2D eigenvalue weighted by Crippen LogP contribution is 2.34. The topological polar surface area (TPSA) is 69.7 Å². The highest BCUT2D eigenvalue weighted by molar-refractivity contribution is 5.83. The van der Waals surface area contributed by atoms with E-state index < -0.39 is 0 Å². The number of ether oxygens (including phenoxy) is 2. The fourth-order valence-electron chi connectivity index (χ4n) is 2.07. The molecule has 1 saturated carbocycles. The molecule has 0 unspecified atom stereocenters. The number of hydrogen-bond donors (Lipinski definition) is 0. The molecule has 1 fully saturated rings. The third kappa shape index (κ3) is 3.32. The fourth-order valence-corrected chi connectivity index (χ4v) is 2.07. The molecule has 0 heterocycles. The second kappa shape index (κ2) is 5.63. The maximum absolute atomic E-state index is 11.3. The Balaban J connectivity index is 2.55. The molecule has 16 heavy (non-hydrogen) atoms. The first kappa shape index (κ1) is 12.7. The molecule has 0 aromatic heterocycles. The van der Waals surface area contributed by atoms with E-state index in [1.165, 1.54) is 14.2 Å². The van der Waals surface area contributed by atoms with Crippen LogP contribution in [0.3, 0.4) is 0 Å². The second-order valence-electron chi connectivity index (χ2n) is 4.03. The van der Waals surface area contributed by atoms with Crippen molar-refractivity contribution in [3.63, 3.8) is 0 Å². The van der Waals surface area contributed by atoms with Crippen molar-refractivity contribution in [1.29, 1.82) is 0 Å². The molecule has 0 spiro atoms. The van der Waals surface area contributed by atoms with Gasteiger partial charge in [-0.3, -0.25) is 14.4 Å². The van der Waals surface area contributed by atoms with Crippen LogP contribution in [0.2, 0.25) is 0 Å². The molecular formula is C11H16O5. The summed E-state index contributed by atoms with van der Waals surface area (Å²) in [7, 11) is 2.63. The van der Waals surface area contributed by atoms with Crippen molar-refractivity contribution in [3.8, 4) is 0 Å². The molecule has 2 atom stereocenters. The summed E-state index contributed by atoms with van der Waals surface area (Å²) in [5, 5.41) is 0. The van der Waals surface area contributed by atoms with Gasteiger partial charge in [-0.1, -0.05) is 0 Å². The van der Waals surface area contributed by atoms with Gasteiger partial charge in [-0.25, -0.2) is 0 Å². The Kier molecular flexibility index (Phi) is 4.46. The molecule has 0 radical (unpaired) electrons. The number of hydrogen-bond acceptors (Lipinski definition) is 5. The summed E-state index contributed by atoms with van der Waals surface area (Å²) in [5.74, 6) is -0.745. The minimum absolute atomic E-state index is 0.0842. The van der Waals surface area contributed by atoms with E-state index >= 15 is 0 Å². The Bertz CT molecular complexity index is 269. The van der Waals surface area contributed by atoms with E-state index in [0.717, 1.165) is 0 Å². The Morgan fingerprint density at radius 1 is 1.06 bits per heavy atom. The summed E-state index contributed by atoms with van der Waals surface area (Å²) >= 11 is 0. The van der Waals surface area contributed by atoms with Crippen molar-refractivity contribution >= 4 is 17.7 Å². The Morgan fingerprint density at radius 3 is 1.75 bits per heavy atom. The maximum Gasteiger partial charge on any atom is 0.305 e. The molecule has 0 amide bonds. The highest BCUT2D eigenvalue weighted by Gasteiger charge is 2.35. The minimum Gasteiger partial charge on any atom is -0.469 e. The van der Waals surface area contributed by atoms with Crippen LogP contribution in [-0.2, 0) is 23.9 Å². The van der Waals surface area contributed by atoms with Crippen molar-refractivity contribution in [3.05, 3.63) is 0 Å². The van der Waals surface area contributed by atoms with Gasteiger partial charge in [-0.2, -0.15) is 0 Å². The smallest absolute Gasteiger partial charge is 0.305 e. The predicted octanol–water partition coefficient (Wildman–Crippen LogP) is 0.708. The summed E-state index contributed by atoms with van der Waals surface area (Å²) < 4.78 is 9.12. The molecule has 1 aliphatic rings. The third-order valence-electron chi connectivity index (χ3n) is 2.96. The first-order chi connectivity index (χ1) is 7.56. The molecule has 5 nitrogen and oxygen atoms in total. The average molecular weight is 228 g/mol. The van der Waals surface area contributed by atoms with Crippen LogP contribution in [0.1, 0.15) is 25.7 Å². The van der Waals surface area contributed by atoms with E-state index in [0.29, 0.717) is 12.8 Å². The SMILES string of the molecule is COC(=O)C[C@H]1CC(=O)C[C@H]1CC(=O)OC. The number of carbonyl (C=O) groups excluding carboxylic acids is 3. The minimum atomic E-state index is -0.338. The monoisotopic (exact) mass is 228 g/mol. The van der Waals surface area contributed by atoms with E-state index in [-0.39, 0.29) is 42.4 Å². The van der Waals surface area contributed by atoms with Crippen LogP contribution in [0.4, 0.5) is 0 Å².